The van der Waals surface area contributed by atoms with Gasteiger partial charge in [-0.2, -0.15) is 0 Å². The Morgan fingerprint density at radius 1 is 1.12 bits per heavy atom. The largest absolute Gasteiger partial charge is 0.310 e. The third-order valence-corrected chi connectivity index (χ3v) is 3.61. The van der Waals surface area contributed by atoms with E-state index in [1.54, 1.807) is 0 Å². The molecule has 1 saturated carbocycles. The Morgan fingerprint density at radius 2 is 1.82 bits per heavy atom. The molecule has 0 bridgehead atoms. The SMILES string of the molecule is CC(C)c1ccc(C(C)C)c(CNC2CC2)c1. The van der Waals surface area contributed by atoms with Crippen LogP contribution in [0.4, 0.5) is 0 Å². The summed E-state index contributed by atoms with van der Waals surface area (Å²) >= 11 is 0. The Kier molecular flexibility index (Phi) is 3.88. The number of hydrogen-bond acceptors (Lipinski definition) is 1. The van der Waals surface area contributed by atoms with Crippen molar-refractivity contribution >= 4 is 0 Å². The first kappa shape index (κ1) is 12.6. The summed E-state index contributed by atoms with van der Waals surface area (Å²) in [6.07, 6.45) is 2.72. The Bertz CT molecular complexity index is 375. The molecule has 0 aromatic heterocycles. The Hall–Kier alpha value is -0.820. The summed E-state index contributed by atoms with van der Waals surface area (Å²) in [4.78, 5) is 0. The molecule has 17 heavy (non-hydrogen) atoms. The van der Waals surface area contributed by atoms with E-state index in [0.717, 1.165) is 12.6 Å². The van der Waals surface area contributed by atoms with Crippen LogP contribution in [0.15, 0.2) is 18.2 Å². The normalized spacial score (nSPS) is 15.9. The molecule has 0 radical (unpaired) electrons. The average Bonchev–Trinajstić information content (AvgIpc) is 3.09. The van der Waals surface area contributed by atoms with Gasteiger partial charge in [0.15, 0.2) is 0 Å². The lowest BCUT2D eigenvalue weighted by atomic mass is 9.92. The van der Waals surface area contributed by atoms with E-state index in [-0.39, 0.29) is 0 Å². The highest BCUT2D eigenvalue weighted by Crippen LogP contribution is 2.26. The van der Waals surface area contributed by atoms with E-state index in [1.807, 2.05) is 0 Å². The van der Waals surface area contributed by atoms with Crippen LogP contribution < -0.4 is 5.32 Å². The van der Waals surface area contributed by atoms with Crippen LogP contribution in [0, 0.1) is 0 Å². The zero-order chi connectivity index (χ0) is 12.4. The van der Waals surface area contributed by atoms with E-state index < -0.39 is 0 Å². The maximum absolute atomic E-state index is 3.63. The molecule has 0 unspecified atom stereocenters. The predicted octanol–water partition coefficient (Wildman–Crippen LogP) is 4.19. The lowest BCUT2D eigenvalue weighted by molar-refractivity contribution is 0.674. The third-order valence-electron chi connectivity index (χ3n) is 3.61. The summed E-state index contributed by atoms with van der Waals surface area (Å²) in [6, 6.07) is 7.80. The molecule has 0 amide bonds. The van der Waals surface area contributed by atoms with Gasteiger partial charge >= 0.3 is 0 Å². The second-order valence-corrected chi connectivity index (χ2v) is 5.92. The van der Waals surface area contributed by atoms with E-state index in [2.05, 4.69) is 51.2 Å². The van der Waals surface area contributed by atoms with Crippen LogP contribution in [-0.2, 0) is 6.54 Å². The number of rotatable bonds is 5. The molecule has 1 aromatic rings. The van der Waals surface area contributed by atoms with E-state index >= 15 is 0 Å². The first-order chi connectivity index (χ1) is 8.08. The minimum Gasteiger partial charge on any atom is -0.310 e. The van der Waals surface area contributed by atoms with Gasteiger partial charge in [0, 0.05) is 12.6 Å². The molecule has 1 aromatic carbocycles. The van der Waals surface area contributed by atoms with Crippen molar-refractivity contribution < 1.29 is 0 Å². The fourth-order valence-corrected chi connectivity index (χ4v) is 2.24. The quantitative estimate of drug-likeness (QED) is 0.801. The second kappa shape index (κ2) is 5.22. The van der Waals surface area contributed by atoms with Crippen molar-refractivity contribution in [3.05, 3.63) is 34.9 Å². The summed E-state index contributed by atoms with van der Waals surface area (Å²) < 4.78 is 0. The van der Waals surface area contributed by atoms with Crippen LogP contribution in [0.25, 0.3) is 0 Å². The van der Waals surface area contributed by atoms with Crippen LogP contribution in [0.5, 0.6) is 0 Å². The summed E-state index contributed by atoms with van der Waals surface area (Å²) in [5, 5.41) is 3.63. The van der Waals surface area contributed by atoms with Gasteiger partial charge in [0.05, 0.1) is 0 Å². The summed E-state index contributed by atoms with van der Waals surface area (Å²) in [5.74, 6) is 1.24. The number of nitrogens with one attached hydrogen (secondary N) is 1. The fraction of sp³-hybridized carbons (Fsp3) is 0.625. The first-order valence-corrected chi connectivity index (χ1v) is 6.94. The molecule has 1 heteroatoms. The lowest BCUT2D eigenvalue weighted by Crippen LogP contribution is -2.17. The summed E-state index contributed by atoms with van der Waals surface area (Å²) in [5.41, 5.74) is 4.46. The Labute approximate surface area is 106 Å². The van der Waals surface area contributed by atoms with Crippen LogP contribution >= 0.6 is 0 Å². The molecule has 0 aliphatic heterocycles. The van der Waals surface area contributed by atoms with E-state index in [0.29, 0.717) is 11.8 Å². The molecule has 1 fully saturated rings. The smallest absolute Gasteiger partial charge is 0.0211 e. The van der Waals surface area contributed by atoms with Gasteiger partial charge in [0.1, 0.15) is 0 Å². The number of hydrogen-bond donors (Lipinski definition) is 1. The molecule has 0 heterocycles. The molecular weight excluding hydrogens is 206 g/mol. The molecule has 1 nitrogen and oxygen atoms in total. The first-order valence-electron chi connectivity index (χ1n) is 6.94. The minimum atomic E-state index is 0.618. The summed E-state index contributed by atoms with van der Waals surface area (Å²) in [7, 11) is 0. The van der Waals surface area contributed by atoms with Crippen molar-refractivity contribution in [1.29, 1.82) is 0 Å². The third kappa shape index (κ3) is 3.32. The molecule has 1 N–H and O–H groups in total. The van der Waals surface area contributed by atoms with Crippen LogP contribution in [-0.4, -0.2) is 6.04 Å². The van der Waals surface area contributed by atoms with Crippen LogP contribution in [0.2, 0.25) is 0 Å². The van der Waals surface area contributed by atoms with Crippen molar-refractivity contribution in [2.75, 3.05) is 0 Å². The van der Waals surface area contributed by atoms with Gasteiger partial charge in [-0.3, -0.25) is 0 Å². The molecule has 1 aliphatic rings. The molecule has 1 aliphatic carbocycles. The van der Waals surface area contributed by atoms with E-state index in [9.17, 15) is 0 Å². The predicted molar refractivity (Wildman–Crippen MR) is 74.5 cm³/mol. The second-order valence-electron chi connectivity index (χ2n) is 5.92. The van der Waals surface area contributed by atoms with Gasteiger partial charge in [-0.05, 0) is 41.4 Å². The highest BCUT2D eigenvalue weighted by atomic mass is 14.9. The average molecular weight is 231 g/mol. The standard InChI is InChI=1S/C16H25N/c1-11(2)13-5-8-16(12(3)4)14(9-13)10-17-15-6-7-15/h5,8-9,11-12,15,17H,6-7,10H2,1-4H3. The zero-order valence-corrected chi connectivity index (χ0v) is 11.6. The summed E-state index contributed by atoms with van der Waals surface area (Å²) in [6.45, 7) is 10.1. The van der Waals surface area contributed by atoms with Crippen molar-refractivity contribution in [1.82, 2.24) is 5.32 Å². The monoisotopic (exact) mass is 231 g/mol. The van der Waals surface area contributed by atoms with Crippen molar-refractivity contribution in [3.8, 4) is 0 Å². The molecular formula is C16H25N. The molecule has 94 valence electrons. The minimum absolute atomic E-state index is 0.618. The van der Waals surface area contributed by atoms with Gasteiger partial charge in [-0.25, -0.2) is 0 Å². The number of benzene rings is 1. The van der Waals surface area contributed by atoms with Crippen molar-refractivity contribution in [3.63, 3.8) is 0 Å². The zero-order valence-electron chi connectivity index (χ0n) is 11.6. The fourth-order valence-electron chi connectivity index (χ4n) is 2.24. The van der Waals surface area contributed by atoms with E-state index in [1.165, 1.54) is 29.5 Å². The van der Waals surface area contributed by atoms with Gasteiger partial charge < -0.3 is 5.32 Å². The van der Waals surface area contributed by atoms with Crippen molar-refractivity contribution in [2.24, 2.45) is 0 Å². The van der Waals surface area contributed by atoms with Gasteiger partial charge in [0.2, 0.25) is 0 Å². The van der Waals surface area contributed by atoms with Gasteiger partial charge in [-0.1, -0.05) is 45.9 Å². The molecule has 0 spiro atoms. The van der Waals surface area contributed by atoms with Gasteiger partial charge in [-0.15, -0.1) is 0 Å². The maximum Gasteiger partial charge on any atom is 0.0211 e. The lowest BCUT2D eigenvalue weighted by Gasteiger charge is -2.16. The molecule has 0 saturated heterocycles. The molecule has 2 rings (SSSR count). The van der Waals surface area contributed by atoms with E-state index in [4.69, 9.17) is 0 Å². The van der Waals surface area contributed by atoms with Gasteiger partial charge in [0.25, 0.3) is 0 Å². The Morgan fingerprint density at radius 3 is 2.35 bits per heavy atom. The van der Waals surface area contributed by atoms with Crippen molar-refractivity contribution in [2.45, 2.75) is 65.0 Å². The maximum atomic E-state index is 3.63. The highest BCUT2D eigenvalue weighted by Gasteiger charge is 2.20. The van der Waals surface area contributed by atoms with Crippen LogP contribution in [0.1, 0.15) is 69.1 Å². The van der Waals surface area contributed by atoms with Crippen LogP contribution in [0.3, 0.4) is 0 Å². The Balaban J connectivity index is 2.18. The highest BCUT2D eigenvalue weighted by molar-refractivity contribution is 5.35. The molecule has 0 atom stereocenters. The topological polar surface area (TPSA) is 12.0 Å².